The maximum absolute atomic E-state index is 11.8. The molecule has 2 aromatic rings. The van der Waals surface area contributed by atoms with Crippen molar-refractivity contribution >= 4 is 40.9 Å². The van der Waals surface area contributed by atoms with E-state index in [1.54, 1.807) is 17.8 Å². The Morgan fingerprint density at radius 3 is 2.68 bits per heavy atom. The summed E-state index contributed by atoms with van der Waals surface area (Å²) in [4.78, 5) is 24.6. The zero-order valence-corrected chi connectivity index (χ0v) is 14.8. The number of hydrogen-bond acceptors (Lipinski definition) is 5. The number of amides is 1. The molecule has 0 heterocycles. The summed E-state index contributed by atoms with van der Waals surface area (Å²) in [6.07, 6.45) is 0.202. The third kappa shape index (κ3) is 6.49. The van der Waals surface area contributed by atoms with Gasteiger partial charge in [0, 0.05) is 15.7 Å². The van der Waals surface area contributed by atoms with Crippen LogP contribution in [0, 0.1) is 11.3 Å². The van der Waals surface area contributed by atoms with Gasteiger partial charge in [-0.2, -0.15) is 5.26 Å². The van der Waals surface area contributed by atoms with Gasteiger partial charge in [-0.1, -0.05) is 29.8 Å². The van der Waals surface area contributed by atoms with Crippen molar-refractivity contribution in [2.45, 2.75) is 11.3 Å². The lowest BCUT2D eigenvalue weighted by molar-refractivity contribution is -0.146. The number of halogens is 1. The molecule has 5 nitrogen and oxygen atoms in total. The highest BCUT2D eigenvalue weighted by Gasteiger charge is 2.11. The Balaban J connectivity index is 1.73. The number of rotatable bonds is 7. The fourth-order valence-electron chi connectivity index (χ4n) is 1.89. The first-order valence-corrected chi connectivity index (χ1v) is 8.78. The molecule has 0 aliphatic carbocycles. The van der Waals surface area contributed by atoms with E-state index >= 15 is 0 Å². The minimum atomic E-state index is -0.525. The Hall–Kier alpha value is -2.49. The van der Waals surface area contributed by atoms with E-state index in [4.69, 9.17) is 21.6 Å². The molecule has 0 bridgehead atoms. The first-order chi connectivity index (χ1) is 12.1. The molecule has 7 heteroatoms. The van der Waals surface area contributed by atoms with Crippen molar-refractivity contribution < 1.29 is 14.3 Å². The van der Waals surface area contributed by atoms with Gasteiger partial charge < -0.3 is 10.1 Å². The number of hydrogen-bond donors (Lipinski definition) is 1. The number of carbonyl (C=O) groups excluding carboxylic acids is 2. The minimum absolute atomic E-state index is 0.202. The minimum Gasteiger partial charge on any atom is -0.456 e. The molecule has 0 fully saturated rings. The molecule has 2 rings (SSSR count). The molecule has 0 atom stereocenters. The molecule has 0 spiro atoms. The van der Waals surface area contributed by atoms with Gasteiger partial charge in [0.25, 0.3) is 5.91 Å². The molecule has 25 heavy (non-hydrogen) atoms. The second-order valence-electron chi connectivity index (χ2n) is 4.92. The molecule has 0 aliphatic heterocycles. The van der Waals surface area contributed by atoms with Crippen molar-refractivity contribution in [2.24, 2.45) is 0 Å². The zero-order chi connectivity index (χ0) is 18.1. The van der Waals surface area contributed by atoms with Gasteiger partial charge in [0.1, 0.15) is 6.07 Å². The Morgan fingerprint density at radius 2 is 1.96 bits per heavy atom. The number of ether oxygens (including phenoxy) is 1. The Morgan fingerprint density at radius 1 is 1.20 bits per heavy atom. The van der Waals surface area contributed by atoms with E-state index in [1.165, 1.54) is 12.1 Å². The molecule has 0 saturated heterocycles. The lowest BCUT2D eigenvalue weighted by Gasteiger charge is -2.08. The SMILES string of the molecule is N#Cc1ccc(Cl)cc1NC(=O)COC(=O)CCSc1ccccc1. The van der Waals surface area contributed by atoms with Gasteiger partial charge in [-0.15, -0.1) is 11.8 Å². The molecular weight excluding hydrogens is 360 g/mol. The van der Waals surface area contributed by atoms with E-state index in [-0.39, 0.29) is 17.7 Å². The smallest absolute Gasteiger partial charge is 0.307 e. The van der Waals surface area contributed by atoms with E-state index in [9.17, 15) is 9.59 Å². The van der Waals surface area contributed by atoms with Crippen LogP contribution in [0.1, 0.15) is 12.0 Å². The fourth-order valence-corrected chi connectivity index (χ4v) is 2.92. The highest BCUT2D eigenvalue weighted by atomic mass is 35.5. The molecule has 0 radical (unpaired) electrons. The second kappa shape index (κ2) is 9.72. The van der Waals surface area contributed by atoms with Crippen LogP contribution in [0.4, 0.5) is 5.69 Å². The molecule has 0 aromatic heterocycles. The van der Waals surface area contributed by atoms with Crippen molar-refractivity contribution in [3.8, 4) is 6.07 Å². The number of carbonyl (C=O) groups is 2. The number of anilines is 1. The van der Waals surface area contributed by atoms with Gasteiger partial charge in [0.05, 0.1) is 17.7 Å². The van der Waals surface area contributed by atoms with Crippen molar-refractivity contribution in [2.75, 3.05) is 17.7 Å². The largest absolute Gasteiger partial charge is 0.456 e. The molecule has 1 amide bonds. The molecule has 2 aromatic carbocycles. The lowest BCUT2D eigenvalue weighted by atomic mass is 10.2. The van der Waals surface area contributed by atoms with Crippen LogP contribution in [0.15, 0.2) is 53.4 Å². The predicted octanol–water partition coefficient (Wildman–Crippen LogP) is 3.88. The Kier molecular flexibility index (Phi) is 7.33. The summed E-state index contributed by atoms with van der Waals surface area (Å²) < 4.78 is 4.94. The summed E-state index contributed by atoms with van der Waals surface area (Å²) in [5, 5.41) is 11.9. The molecule has 128 valence electrons. The van der Waals surface area contributed by atoms with Gasteiger partial charge in [-0.3, -0.25) is 9.59 Å². The van der Waals surface area contributed by atoms with Crippen molar-refractivity contribution in [3.05, 3.63) is 59.1 Å². The van der Waals surface area contributed by atoms with Crippen LogP contribution in [-0.4, -0.2) is 24.2 Å². The third-order valence-corrected chi connectivity index (χ3v) is 4.31. The van der Waals surface area contributed by atoms with Crippen LogP contribution < -0.4 is 5.32 Å². The maximum atomic E-state index is 11.8. The number of nitriles is 1. The van der Waals surface area contributed by atoms with Gasteiger partial charge in [0.15, 0.2) is 6.61 Å². The average molecular weight is 375 g/mol. The molecule has 0 unspecified atom stereocenters. The molecule has 1 N–H and O–H groups in total. The van der Waals surface area contributed by atoms with E-state index in [1.807, 2.05) is 36.4 Å². The van der Waals surface area contributed by atoms with E-state index in [0.29, 0.717) is 10.8 Å². The van der Waals surface area contributed by atoms with Crippen LogP contribution in [0.25, 0.3) is 0 Å². The van der Waals surface area contributed by atoms with Crippen LogP contribution in [0.2, 0.25) is 5.02 Å². The van der Waals surface area contributed by atoms with Crippen LogP contribution in [-0.2, 0) is 14.3 Å². The molecule has 0 aliphatic rings. The van der Waals surface area contributed by atoms with Gasteiger partial charge in [-0.25, -0.2) is 0 Å². The highest BCUT2D eigenvalue weighted by Crippen LogP contribution is 2.20. The number of thioether (sulfide) groups is 1. The number of esters is 1. The van der Waals surface area contributed by atoms with Crippen molar-refractivity contribution in [1.82, 2.24) is 0 Å². The monoisotopic (exact) mass is 374 g/mol. The highest BCUT2D eigenvalue weighted by molar-refractivity contribution is 7.99. The molecular formula is C18H15ClN2O3S. The average Bonchev–Trinajstić information content (AvgIpc) is 2.61. The van der Waals surface area contributed by atoms with Crippen LogP contribution in [0.3, 0.4) is 0 Å². The first kappa shape index (κ1) is 18.8. The number of nitrogens with zero attached hydrogens (tertiary/aromatic N) is 1. The summed E-state index contributed by atoms with van der Waals surface area (Å²) in [6.45, 7) is -0.410. The standard InChI is InChI=1S/C18H15ClN2O3S/c19-14-7-6-13(11-20)16(10-14)21-17(22)12-24-18(23)8-9-25-15-4-2-1-3-5-15/h1-7,10H,8-9,12H2,(H,21,22). The summed E-state index contributed by atoms with van der Waals surface area (Å²) >= 11 is 7.38. The summed E-state index contributed by atoms with van der Waals surface area (Å²) in [6, 6.07) is 16.2. The van der Waals surface area contributed by atoms with Gasteiger partial charge in [-0.05, 0) is 30.3 Å². The second-order valence-corrected chi connectivity index (χ2v) is 6.53. The van der Waals surface area contributed by atoms with Crippen molar-refractivity contribution in [1.29, 1.82) is 5.26 Å². The van der Waals surface area contributed by atoms with Crippen LogP contribution in [0.5, 0.6) is 0 Å². The van der Waals surface area contributed by atoms with E-state index in [2.05, 4.69) is 5.32 Å². The van der Waals surface area contributed by atoms with Crippen LogP contribution >= 0.6 is 23.4 Å². The summed E-state index contributed by atoms with van der Waals surface area (Å²) in [7, 11) is 0. The normalized spacial score (nSPS) is 9.92. The number of benzene rings is 2. The summed E-state index contributed by atoms with van der Waals surface area (Å²) in [5.41, 5.74) is 0.569. The topological polar surface area (TPSA) is 79.2 Å². The van der Waals surface area contributed by atoms with E-state index in [0.717, 1.165) is 4.90 Å². The Bertz CT molecular complexity index is 791. The quantitative estimate of drug-likeness (QED) is 0.587. The summed E-state index contributed by atoms with van der Waals surface area (Å²) in [5.74, 6) is -0.412. The van der Waals surface area contributed by atoms with Gasteiger partial charge >= 0.3 is 5.97 Å². The predicted molar refractivity (Wildman–Crippen MR) is 97.5 cm³/mol. The zero-order valence-electron chi connectivity index (χ0n) is 13.2. The number of nitrogens with one attached hydrogen (secondary N) is 1. The van der Waals surface area contributed by atoms with E-state index < -0.39 is 18.5 Å². The van der Waals surface area contributed by atoms with Gasteiger partial charge in [0.2, 0.25) is 0 Å². The third-order valence-electron chi connectivity index (χ3n) is 3.06. The Labute approximate surface area is 154 Å². The molecule has 0 saturated carbocycles. The lowest BCUT2D eigenvalue weighted by Crippen LogP contribution is -2.21. The maximum Gasteiger partial charge on any atom is 0.307 e. The first-order valence-electron chi connectivity index (χ1n) is 7.41. The van der Waals surface area contributed by atoms with Crippen molar-refractivity contribution in [3.63, 3.8) is 0 Å². The fraction of sp³-hybridized carbons (Fsp3) is 0.167.